The van der Waals surface area contributed by atoms with Crippen LogP contribution in [0.3, 0.4) is 0 Å². The minimum absolute atomic E-state index is 0.217. The number of hydrogen-bond acceptors (Lipinski definition) is 5. The highest BCUT2D eigenvalue weighted by molar-refractivity contribution is 7.11. The van der Waals surface area contributed by atoms with Gasteiger partial charge in [0.2, 0.25) is 0 Å². The normalized spacial score (nSPS) is 12.9. The van der Waals surface area contributed by atoms with Crippen LogP contribution in [0.2, 0.25) is 0 Å². The molecule has 1 rings (SSSR count). The first-order valence-electron chi connectivity index (χ1n) is 6.00. The molecule has 2 N–H and O–H groups in total. The number of guanidine groups is 1. The first kappa shape index (κ1) is 15.4. The van der Waals surface area contributed by atoms with Crippen LogP contribution < -0.4 is 10.6 Å². The first-order valence-corrected chi connectivity index (χ1v) is 6.82. The van der Waals surface area contributed by atoms with E-state index in [1.807, 2.05) is 13.1 Å². The van der Waals surface area contributed by atoms with Gasteiger partial charge in [-0.15, -0.1) is 11.3 Å². The second kappa shape index (κ2) is 7.73. The third kappa shape index (κ3) is 5.25. The average molecular weight is 284 g/mol. The van der Waals surface area contributed by atoms with E-state index in [-0.39, 0.29) is 11.9 Å². The molecule has 0 aliphatic heterocycles. The molecular weight excluding hydrogens is 264 g/mol. The third-order valence-corrected chi connectivity index (χ3v) is 3.39. The molecule has 7 heteroatoms. The molecule has 0 aliphatic carbocycles. The van der Waals surface area contributed by atoms with Gasteiger partial charge in [0.05, 0.1) is 19.6 Å². The fourth-order valence-electron chi connectivity index (χ4n) is 1.40. The van der Waals surface area contributed by atoms with Crippen LogP contribution in [0.25, 0.3) is 0 Å². The lowest BCUT2D eigenvalue weighted by Crippen LogP contribution is -2.40. The predicted molar refractivity (Wildman–Crippen MR) is 76.2 cm³/mol. The minimum atomic E-state index is -0.237. The molecule has 0 radical (unpaired) electrons. The summed E-state index contributed by atoms with van der Waals surface area (Å²) in [6, 6.07) is 0. The second-order valence-electron chi connectivity index (χ2n) is 4.10. The average Bonchev–Trinajstić information content (AvgIpc) is 2.83. The van der Waals surface area contributed by atoms with Crippen molar-refractivity contribution in [1.29, 1.82) is 0 Å². The van der Waals surface area contributed by atoms with Gasteiger partial charge in [0.15, 0.2) is 5.96 Å². The number of rotatable bonds is 5. The van der Waals surface area contributed by atoms with Gasteiger partial charge >= 0.3 is 5.97 Å². The summed E-state index contributed by atoms with van der Waals surface area (Å²) in [5, 5.41) is 7.22. The van der Waals surface area contributed by atoms with E-state index in [2.05, 4.69) is 25.3 Å². The lowest BCUT2D eigenvalue weighted by atomic mass is 10.2. The lowest BCUT2D eigenvalue weighted by Gasteiger charge is -2.14. The number of nitrogens with one attached hydrogen (secondary N) is 2. The Hall–Kier alpha value is -1.63. The number of aromatic nitrogens is 1. The van der Waals surface area contributed by atoms with Crippen LogP contribution in [0.1, 0.15) is 16.8 Å². The van der Waals surface area contributed by atoms with Crippen molar-refractivity contribution in [3.8, 4) is 0 Å². The van der Waals surface area contributed by atoms with Crippen molar-refractivity contribution in [2.45, 2.75) is 20.4 Å². The van der Waals surface area contributed by atoms with Gasteiger partial charge in [-0.3, -0.25) is 9.79 Å². The number of thiazole rings is 1. The molecule has 0 saturated carbocycles. The van der Waals surface area contributed by atoms with Gasteiger partial charge in [0.1, 0.15) is 5.01 Å². The fourth-order valence-corrected chi connectivity index (χ4v) is 2.12. The van der Waals surface area contributed by atoms with E-state index in [0.717, 1.165) is 5.01 Å². The van der Waals surface area contributed by atoms with E-state index in [1.54, 1.807) is 25.3 Å². The largest absolute Gasteiger partial charge is 0.469 e. The zero-order valence-corrected chi connectivity index (χ0v) is 12.5. The topological polar surface area (TPSA) is 75.6 Å². The molecule has 1 aromatic rings. The molecule has 1 atom stereocenters. The summed E-state index contributed by atoms with van der Waals surface area (Å²) in [6.07, 6.45) is 1.84. The van der Waals surface area contributed by atoms with Crippen LogP contribution in [-0.2, 0) is 16.1 Å². The summed E-state index contributed by atoms with van der Waals surface area (Å²) < 4.78 is 4.66. The zero-order chi connectivity index (χ0) is 14.3. The maximum atomic E-state index is 11.3. The summed E-state index contributed by atoms with van der Waals surface area (Å²) in [5.41, 5.74) is 0. The lowest BCUT2D eigenvalue weighted by molar-refractivity contribution is -0.144. The molecule has 0 spiro atoms. The summed E-state index contributed by atoms with van der Waals surface area (Å²) in [4.78, 5) is 20.8. The van der Waals surface area contributed by atoms with Crippen molar-refractivity contribution >= 4 is 23.3 Å². The van der Waals surface area contributed by atoms with Gasteiger partial charge < -0.3 is 15.4 Å². The Kier molecular flexibility index (Phi) is 6.27. The molecule has 6 nitrogen and oxygen atoms in total. The summed E-state index contributed by atoms with van der Waals surface area (Å²) in [6.45, 7) is 4.91. The number of methoxy groups -OCH3 is 1. The van der Waals surface area contributed by atoms with E-state index in [9.17, 15) is 4.79 Å². The highest BCUT2D eigenvalue weighted by Gasteiger charge is 2.13. The Morgan fingerprint density at radius 2 is 2.32 bits per heavy atom. The number of hydrogen-bond donors (Lipinski definition) is 2. The third-order valence-electron chi connectivity index (χ3n) is 2.48. The van der Waals surface area contributed by atoms with Gasteiger partial charge in [-0.2, -0.15) is 0 Å². The smallest absolute Gasteiger partial charge is 0.310 e. The van der Waals surface area contributed by atoms with Crippen molar-refractivity contribution in [2.75, 3.05) is 20.7 Å². The van der Waals surface area contributed by atoms with Crippen LogP contribution in [0, 0.1) is 12.8 Å². The molecule has 1 aromatic heterocycles. The molecule has 0 aliphatic rings. The van der Waals surface area contributed by atoms with E-state index in [4.69, 9.17) is 0 Å². The van der Waals surface area contributed by atoms with Crippen molar-refractivity contribution in [2.24, 2.45) is 10.9 Å². The van der Waals surface area contributed by atoms with Gasteiger partial charge in [-0.1, -0.05) is 6.92 Å². The number of aliphatic imine (C=N–C) groups is 1. The second-order valence-corrected chi connectivity index (χ2v) is 5.41. The Bertz CT molecular complexity index is 445. The minimum Gasteiger partial charge on any atom is -0.469 e. The van der Waals surface area contributed by atoms with Crippen LogP contribution >= 0.6 is 11.3 Å². The number of carbonyl (C=O) groups is 1. The number of esters is 1. The summed E-state index contributed by atoms with van der Waals surface area (Å²) in [5.74, 6) is 0.188. The van der Waals surface area contributed by atoms with Crippen molar-refractivity contribution in [1.82, 2.24) is 15.6 Å². The van der Waals surface area contributed by atoms with Crippen molar-refractivity contribution in [3.63, 3.8) is 0 Å². The van der Waals surface area contributed by atoms with Gasteiger partial charge in [-0.05, 0) is 6.92 Å². The maximum absolute atomic E-state index is 11.3. The summed E-state index contributed by atoms with van der Waals surface area (Å²) in [7, 11) is 3.07. The molecule has 0 bridgehead atoms. The quantitative estimate of drug-likeness (QED) is 0.478. The Labute approximate surface area is 117 Å². The predicted octanol–water partition coefficient (Wildman–Crippen LogP) is 0.926. The van der Waals surface area contributed by atoms with Crippen LogP contribution in [0.15, 0.2) is 11.2 Å². The summed E-state index contributed by atoms with van der Waals surface area (Å²) >= 11 is 1.64. The van der Waals surface area contributed by atoms with Gasteiger partial charge in [0.25, 0.3) is 0 Å². The molecule has 19 heavy (non-hydrogen) atoms. The monoisotopic (exact) mass is 284 g/mol. The molecule has 1 unspecified atom stereocenters. The van der Waals surface area contributed by atoms with Gasteiger partial charge in [-0.25, -0.2) is 4.98 Å². The molecule has 1 heterocycles. The van der Waals surface area contributed by atoms with E-state index in [0.29, 0.717) is 19.0 Å². The number of aryl methyl sites for hydroxylation is 1. The van der Waals surface area contributed by atoms with E-state index < -0.39 is 0 Å². The fraction of sp³-hybridized carbons (Fsp3) is 0.583. The molecule has 0 amide bonds. The van der Waals surface area contributed by atoms with Crippen molar-refractivity contribution in [3.05, 3.63) is 16.1 Å². The number of ether oxygens (including phenoxy) is 1. The number of carbonyl (C=O) groups excluding carboxylic acids is 1. The van der Waals surface area contributed by atoms with E-state index >= 15 is 0 Å². The molecule has 106 valence electrons. The van der Waals surface area contributed by atoms with E-state index in [1.165, 1.54) is 12.0 Å². The highest BCUT2D eigenvalue weighted by Crippen LogP contribution is 2.10. The molecule has 0 saturated heterocycles. The first-order chi connectivity index (χ1) is 9.06. The van der Waals surface area contributed by atoms with Crippen LogP contribution in [-0.4, -0.2) is 37.6 Å². The number of nitrogens with zero attached hydrogens (tertiary/aromatic N) is 2. The molecule has 0 fully saturated rings. The highest BCUT2D eigenvalue weighted by atomic mass is 32.1. The Morgan fingerprint density at radius 1 is 1.58 bits per heavy atom. The zero-order valence-electron chi connectivity index (χ0n) is 11.7. The Balaban J connectivity index is 2.36. The van der Waals surface area contributed by atoms with Gasteiger partial charge in [0, 0.05) is 24.7 Å². The SMILES string of the molecule is CN=C(NCc1ncc(C)s1)NCC(C)C(=O)OC. The Morgan fingerprint density at radius 3 is 2.84 bits per heavy atom. The molecule has 0 aromatic carbocycles. The van der Waals surface area contributed by atoms with Crippen molar-refractivity contribution < 1.29 is 9.53 Å². The standard InChI is InChI=1S/C12H20N4O2S/c1-8(11(17)18-4)5-15-12(13-3)16-7-10-14-6-9(2)19-10/h6,8H,5,7H2,1-4H3,(H2,13,15,16). The molecular formula is C12H20N4O2S. The van der Waals surface area contributed by atoms with Crippen LogP contribution in [0.5, 0.6) is 0 Å². The maximum Gasteiger partial charge on any atom is 0.310 e. The van der Waals surface area contributed by atoms with Crippen LogP contribution in [0.4, 0.5) is 0 Å².